The molecule has 5 nitrogen and oxygen atoms in total. The van der Waals surface area contributed by atoms with E-state index in [0.29, 0.717) is 13.7 Å². The smallest absolute Gasteiger partial charge is 0.354 e. The predicted octanol–water partition coefficient (Wildman–Crippen LogP) is 2.83. The lowest BCUT2D eigenvalue weighted by molar-refractivity contribution is -0.138. The van der Waals surface area contributed by atoms with Crippen LogP contribution in [0.5, 0.6) is 0 Å². The summed E-state index contributed by atoms with van der Waals surface area (Å²) in [6, 6.07) is 2.48. The van der Waals surface area contributed by atoms with E-state index in [1.165, 1.54) is 26.4 Å². The van der Waals surface area contributed by atoms with Gasteiger partial charge in [-0.25, -0.2) is 14.0 Å². The molecule has 8 heteroatoms. The minimum absolute atomic E-state index is 0.158. The maximum absolute atomic E-state index is 13.4. The van der Waals surface area contributed by atoms with Gasteiger partial charge in [0.15, 0.2) is 0 Å². The molecule has 1 aromatic carbocycles. The van der Waals surface area contributed by atoms with Crippen molar-refractivity contribution >= 4 is 56.1 Å². The van der Waals surface area contributed by atoms with E-state index < -0.39 is 17.8 Å². The maximum atomic E-state index is 13.4. The van der Waals surface area contributed by atoms with Gasteiger partial charge in [0.2, 0.25) is 0 Å². The second kappa shape index (κ2) is 7.58. The summed E-state index contributed by atoms with van der Waals surface area (Å²) in [5.41, 5.74) is 0.160. The molecule has 0 spiro atoms. The molecule has 0 aromatic heterocycles. The Morgan fingerprint density at radius 3 is 2.55 bits per heavy atom. The molecule has 1 aromatic rings. The van der Waals surface area contributed by atoms with Gasteiger partial charge in [0.25, 0.3) is 0 Å². The molecule has 0 radical (unpaired) electrons. The number of halogens is 3. The molecule has 108 valence electrons. The van der Waals surface area contributed by atoms with Gasteiger partial charge in [-0.3, -0.25) is 0 Å². The van der Waals surface area contributed by atoms with Crippen molar-refractivity contribution in [3.05, 3.63) is 37.8 Å². The Balaban J connectivity index is 3.17. The van der Waals surface area contributed by atoms with Crippen molar-refractivity contribution in [2.75, 3.05) is 19.5 Å². The van der Waals surface area contributed by atoms with Crippen molar-refractivity contribution in [1.29, 1.82) is 0 Å². The molecule has 0 saturated heterocycles. The summed E-state index contributed by atoms with van der Waals surface area (Å²) in [6.07, 6.45) is 0.931. The first-order chi connectivity index (χ1) is 9.38. The Hall–Kier alpha value is -1.16. The molecule has 0 unspecified atom stereocenters. The Kier molecular flexibility index (Phi) is 6.40. The molecule has 20 heavy (non-hydrogen) atoms. The molecule has 0 aliphatic carbocycles. The van der Waals surface area contributed by atoms with Gasteiger partial charge in [-0.1, -0.05) is 0 Å². The minimum Gasteiger partial charge on any atom is -0.466 e. The van der Waals surface area contributed by atoms with E-state index in [1.807, 2.05) is 22.6 Å². The predicted molar refractivity (Wildman–Crippen MR) is 82.6 cm³/mol. The van der Waals surface area contributed by atoms with E-state index in [1.54, 1.807) is 0 Å². The summed E-state index contributed by atoms with van der Waals surface area (Å²) >= 11 is 5.15. The van der Waals surface area contributed by atoms with E-state index in [9.17, 15) is 14.0 Å². The molecule has 0 amide bonds. The molecule has 0 aliphatic rings. The lowest BCUT2D eigenvalue weighted by Crippen LogP contribution is -2.16. The van der Waals surface area contributed by atoms with Gasteiger partial charge in [-0.05, 0) is 50.7 Å². The summed E-state index contributed by atoms with van der Waals surface area (Å²) < 4.78 is 23.5. The van der Waals surface area contributed by atoms with Crippen molar-refractivity contribution in [2.24, 2.45) is 0 Å². The number of rotatable bonds is 4. The first-order valence-corrected chi connectivity index (χ1v) is 7.05. The quantitative estimate of drug-likeness (QED) is 0.326. The zero-order valence-corrected chi connectivity index (χ0v) is 14.2. The monoisotopic (exact) mass is 457 g/mol. The van der Waals surface area contributed by atoms with Crippen molar-refractivity contribution < 1.29 is 23.5 Å². The second-order valence-corrected chi connectivity index (χ2v) is 5.38. The van der Waals surface area contributed by atoms with E-state index in [-0.39, 0.29) is 5.70 Å². The topological polar surface area (TPSA) is 64.6 Å². The molecule has 0 atom stereocenters. The Morgan fingerprint density at radius 2 is 2.00 bits per heavy atom. The molecular formula is C12H10BrFINO4. The van der Waals surface area contributed by atoms with Crippen molar-refractivity contribution in [1.82, 2.24) is 0 Å². The number of anilines is 1. The fourth-order valence-corrected chi connectivity index (χ4v) is 2.10. The van der Waals surface area contributed by atoms with E-state index in [2.05, 4.69) is 30.7 Å². The molecule has 0 saturated carbocycles. The highest BCUT2D eigenvalue weighted by Gasteiger charge is 2.15. The maximum Gasteiger partial charge on any atom is 0.354 e. The fraction of sp³-hybridized carbons (Fsp3) is 0.167. The number of nitrogens with one attached hydrogen (secondary N) is 1. The fourth-order valence-electron chi connectivity index (χ4n) is 1.22. The molecule has 0 bridgehead atoms. The molecule has 1 N–H and O–H groups in total. The van der Waals surface area contributed by atoms with Crippen LogP contribution in [-0.2, 0) is 19.1 Å². The molecule has 0 heterocycles. The molecular weight excluding hydrogens is 448 g/mol. The highest BCUT2D eigenvalue weighted by atomic mass is 127. The first-order valence-electron chi connectivity index (χ1n) is 5.18. The third kappa shape index (κ3) is 4.44. The van der Waals surface area contributed by atoms with Crippen LogP contribution in [0.3, 0.4) is 0 Å². The van der Waals surface area contributed by atoms with E-state index >= 15 is 0 Å². The summed E-state index contributed by atoms with van der Waals surface area (Å²) in [7, 11) is 2.35. The minimum atomic E-state index is -0.772. The molecule has 1 rings (SSSR count). The standard InChI is InChI=1S/C12H10BrFINO4/c1-19-10(17)5-9(12(18)20-2)16-8-4-6(14)3-7(13)11(8)15/h3-5,16H,1-2H3/b9-5+. The summed E-state index contributed by atoms with van der Waals surface area (Å²) in [5.74, 6) is -2.00. The number of ether oxygens (including phenoxy) is 2. The molecule has 0 fully saturated rings. The zero-order valence-electron chi connectivity index (χ0n) is 10.5. The van der Waals surface area contributed by atoms with Gasteiger partial charge >= 0.3 is 11.9 Å². The summed E-state index contributed by atoms with van der Waals surface area (Å²) in [5, 5.41) is 2.65. The van der Waals surface area contributed by atoms with Crippen LogP contribution in [0, 0.1) is 9.39 Å². The highest BCUT2D eigenvalue weighted by molar-refractivity contribution is 14.1. The van der Waals surface area contributed by atoms with Gasteiger partial charge in [-0.15, -0.1) is 0 Å². The summed E-state index contributed by atoms with van der Waals surface area (Å²) in [6.45, 7) is 0. The van der Waals surface area contributed by atoms with Crippen molar-refractivity contribution in [2.45, 2.75) is 0 Å². The van der Waals surface area contributed by atoms with Gasteiger partial charge in [0, 0.05) is 4.47 Å². The summed E-state index contributed by atoms with van der Waals surface area (Å²) in [4.78, 5) is 22.8. The number of carbonyl (C=O) groups is 2. The molecule has 0 aliphatic heterocycles. The van der Waals surface area contributed by atoms with Crippen molar-refractivity contribution in [3.63, 3.8) is 0 Å². The van der Waals surface area contributed by atoms with Crippen LogP contribution in [0.4, 0.5) is 10.1 Å². The normalized spacial score (nSPS) is 10.9. The third-order valence-corrected chi connectivity index (χ3v) is 4.66. The van der Waals surface area contributed by atoms with Crippen LogP contribution < -0.4 is 5.32 Å². The van der Waals surface area contributed by atoms with Crippen LogP contribution in [0.2, 0.25) is 0 Å². The Morgan fingerprint density at radius 1 is 1.35 bits per heavy atom. The average molecular weight is 458 g/mol. The number of methoxy groups -OCH3 is 2. The van der Waals surface area contributed by atoms with Crippen molar-refractivity contribution in [3.8, 4) is 0 Å². The number of benzene rings is 1. The van der Waals surface area contributed by atoms with Crippen LogP contribution >= 0.6 is 38.5 Å². The van der Waals surface area contributed by atoms with Crippen LogP contribution in [-0.4, -0.2) is 26.2 Å². The zero-order chi connectivity index (χ0) is 15.3. The number of carbonyl (C=O) groups excluding carboxylic acids is 2. The highest BCUT2D eigenvalue weighted by Crippen LogP contribution is 2.29. The lowest BCUT2D eigenvalue weighted by Gasteiger charge is -2.12. The van der Waals surface area contributed by atoms with E-state index in [4.69, 9.17) is 0 Å². The van der Waals surface area contributed by atoms with Gasteiger partial charge < -0.3 is 14.8 Å². The third-order valence-electron chi connectivity index (χ3n) is 2.13. The van der Waals surface area contributed by atoms with Gasteiger partial charge in [0.05, 0.1) is 29.6 Å². The Bertz CT molecular complexity index is 577. The number of hydrogen-bond acceptors (Lipinski definition) is 5. The number of hydrogen-bond donors (Lipinski definition) is 1. The van der Waals surface area contributed by atoms with Gasteiger partial charge in [-0.2, -0.15) is 0 Å². The second-order valence-electron chi connectivity index (χ2n) is 3.45. The Labute approximate surface area is 136 Å². The lowest BCUT2D eigenvalue weighted by atomic mass is 10.3. The number of esters is 2. The van der Waals surface area contributed by atoms with Crippen LogP contribution in [0.25, 0.3) is 0 Å². The average Bonchev–Trinajstić information content (AvgIpc) is 2.42. The van der Waals surface area contributed by atoms with Crippen LogP contribution in [0.1, 0.15) is 0 Å². The SMILES string of the molecule is COC(=O)/C=C(/Nc1cc(F)cc(Br)c1I)C(=O)OC. The van der Waals surface area contributed by atoms with Gasteiger partial charge in [0.1, 0.15) is 11.5 Å². The first kappa shape index (κ1) is 16.9. The van der Waals surface area contributed by atoms with E-state index in [0.717, 1.165) is 6.08 Å². The largest absolute Gasteiger partial charge is 0.466 e. The van der Waals surface area contributed by atoms with Crippen LogP contribution in [0.15, 0.2) is 28.4 Å².